The van der Waals surface area contributed by atoms with Gasteiger partial charge in [0.05, 0.1) is 0 Å². The molecular weight excluding hydrogens is 307 g/mol. The van der Waals surface area contributed by atoms with Crippen LogP contribution >= 0.6 is 7.60 Å². The zero-order valence-corrected chi connectivity index (χ0v) is 16.4. The molecule has 0 aliphatic rings. The van der Waals surface area contributed by atoms with E-state index in [1.54, 1.807) is 0 Å². The van der Waals surface area contributed by atoms with E-state index in [1.807, 2.05) is 0 Å². The second kappa shape index (κ2) is 16.7. The fourth-order valence-electron chi connectivity index (χ4n) is 2.65. The molecule has 0 aromatic heterocycles. The molecule has 4 heteroatoms. The summed E-state index contributed by atoms with van der Waals surface area (Å²) in [6.45, 7) is 2.26. The molecule has 23 heavy (non-hydrogen) atoms. The Kier molecular flexibility index (Phi) is 16.7. The normalized spacial score (nSPS) is 14.4. The smallest absolute Gasteiger partial charge is 0.324 e. The molecule has 0 radical (unpaired) electrons. The minimum absolute atomic E-state index is 0.296. The molecule has 3 nitrogen and oxygen atoms in total. The van der Waals surface area contributed by atoms with Gasteiger partial charge in [0.2, 0.25) is 0 Å². The molecule has 0 spiro atoms. The molecule has 0 saturated heterocycles. The average Bonchev–Trinajstić information content (AvgIpc) is 2.54. The van der Waals surface area contributed by atoms with Gasteiger partial charge in [0.15, 0.2) is 0 Å². The lowest BCUT2D eigenvalue weighted by molar-refractivity contribution is 0.314. The maximum absolute atomic E-state index is 11.3. The van der Waals surface area contributed by atoms with Crippen molar-refractivity contribution >= 4 is 7.60 Å². The lowest BCUT2D eigenvalue weighted by Gasteiger charge is -2.07. The lowest BCUT2D eigenvalue weighted by atomic mass is 10.1. The summed E-state index contributed by atoms with van der Waals surface area (Å²) in [7, 11) is -1.96. The molecule has 0 heterocycles. The molecule has 1 atom stereocenters. The van der Waals surface area contributed by atoms with Crippen LogP contribution in [0.5, 0.6) is 0 Å². The molecule has 0 aliphatic carbocycles. The van der Waals surface area contributed by atoms with Gasteiger partial charge >= 0.3 is 7.60 Å². The van der Waals surface area contributed by atoms with Crippen molar-refractivity contribution in [2.45, 2.75) is 96.8 Å². The highest BCUT2D eigenvalue weighted by Gasteiger charge is 2.15. The van der Waals surface area contributed by atoms with Gasteiger partial charge in [-0.15, -0.1) is 0 Å². The zero-order valence-electron chi connectivity index (χ0n) is 15.5. The molecule has 0 amide bonds. The predicted octanol–water partition coefficient (Wildman–Crippen LogP) is 6.86. The number of hydrogen-bond donors (Lipinski definition) is 1. The Morgan fingerprint density at radius 1 is 0.783 bits per heavy atom. The largest absolute Gasteiger partial charge is 0.327 e. The minimum Gasteiger partial charge on any atom is -0.324 e. The standard InChI is InChI=1S/C19H39O3P/c1-3-4-5-6-7-8-9-10-11-12-13-14-15-16-17-18-19-23(20,21)22-2/h10-11H,3-9,12-19H2,1-2H3,(H,20,21)/b11-10-. The summed E-state index contributed by atoms with van der Waals surface area (Å²) in [6.07, 6.45) is 22.4. The third-order valence-corrected chi connectivity index (χ3v) is 5.69. The van der Waals surface area contributed by atoms with E-state index in [9.17, 15) is 9.46 Å². The van der Waals surface area contributed by atoms with Gasteiger partial charge in [-0.05, 0) is 32.1 Å². The molecule has 0 fully saturated rings. The molecule has 1 N–H and O–H groups in total. The van der Waals surface area contributed by atoms with Gasteiger partial charge in [0, 0.05) is 13.3 Å². The Morgan fingerprint density at radius 3 is 1.70 bits per heavy atom. The van der Waals surface area contributed by atoms with Crippen LogP contribution in [0.15, 0.2) is 12.2 Å². The Balaban J connectivity index is 3.18. The van der Waals surface area contributed by atoms with Crippen molar-refractivity contribution in [3.63, 3.8) is 0 Å². The van der Waals surface area contributed by atoms with Crippen molar-refractivity contribution in [1.29, 1.82) is 0 Å². The van der Waals surface area contributed by atoms with E-state index in [2.05, 4.69) is 23.6 Å². The fraction of sp³-hybridized carbons (Fsp3) is 0.895. The van der Waals surface area contributed by atoms with Crippen molar-refractivity contribution in [3.05, 3.63) is 12.2 Å². The Labute approximate surface area is 144 Å². The van der Waals surface area contributed by atoms with Crippen LogP contribution in [0.4, 0.5) is 0 Å². The van der Waals surface area contributed by atoms with Gasteiger partial charge in [-0.1, -0.05) is 76.9 Å². The monoisotopic (exact) mass is 346 g/mol. The second-order valence-corrected chi connectivity index (χ2v) is 8.57. The fourth-order valence-corrected chi connectivity index (χ4v) is 3.46. The summed E-state index contributed by atoms with van der Waals surface area (Å²) in [6, 6.07) is 0. The van der Waals surface area contributed by atoms with E-state index in [0.29, 0.717) is 6.16 Å². The van der Waals surface area contributed by atoms with Crippen LogP contribution in [0.25, 0.3) is 0 Å². The summed E-state index contributed by atoms with van der Waals surface area (Å²) in [5.74, 6) is 0. The molecule has 0 aromatic carbocycles. The number of allylic oxidation sites excluding steroid dienone is 2. The van der Waals surface area contributed by atoms with E-state index in [-0.39, 0.29) is 0 Å². The number of unbranched alkanes of at least 4 members (excludes halogenated alkanes) is 12. The van der Waals surface area contributed by atoms with Crippen LogP contribution in [0.3, 0.4) is 0 Å². The zero-order chi connectivity index (χ0) is 17.2. The van der Waals surface area contributed by atoms with Crippen LogP contribution < -0.4 is 0 Å². The SMILES string of the molecule is CCCCCCCC/C=C\CCCCCCCCP(=O)(O)OC. The molecule has 1 unspecified atom stereocenters. The first-order valence-electron chi connectivity index (χ1n) is 9.65. The highest BCUT2D eigenvalue weighted by Crippen LogP contribution is 2.41. The summed E-state index contributed by atoms with van der Waals surface area (Å²) in [4.78, 5) is 9.26. The molecule has 0 saturated carbocycles. The predicted molar refractivity (Wildman–Crippen MR) is 101 cm³/mol. The highest BCUT2D eigenvalue weighted by atomic mass is 31.2. The van der Waals surface area contributed by atoms with Gasteiger partial charge in [-0.3, -0.25) is 4.57 Å². The van der Waals surface area contributed by atoms with Crippen molar-refractivity contribution in [2.24, 2.45) is 0 Å². The molecule has 0 aliphatic heterocycles. The quantitative estimate of drug-likeness (QED) is 0.178. The summed E-state index contributed by atoms with van der Waals surface area (Å²) in [5, 5.41) is 0. The van der Waals surface area contributed by atoms with Crippen LogP contribution in [0, 0.1) is 0 Å². The molecule has 138 valence electrons. The third kappa shape index (κ3) is 18.1. The second-order valence-electron chi connectivity index (χ2n) is 6.48. The highest BCUT2D eigenvalue weighted by molar-refractivity contribution is 7.52. The van der Waals surface area contributed by atoms with E-state index >= 15 is 0 Å². The lowest BCUT2D eigenvalue weighted by Crippen LogP contribution is -1.91. The maximum atomic E-state index is 11.3. The summed E-state index contributed by atoms with van der Waals surface area (Å²) < 4.78 is 15.8. The number of rotatable bonds is 17. The average molecular weight is 346 g/mol. The summed E-state index contributed by atoms with van der Waals surface area (Å²) >= 11 is 0. The van der Waals surface area contributed by atoms with Gasteiger partial charge in [-0.2, -0.15) is 0 Å². The first kappa shape index (κ1) is 22.9. The maximum Gasteiger partial charge on any atom is 0.327 e. The van der Waals surface area contributed by atoms with Crippen LogP contribution in [-0.4, -0.2) is 18.2 Å². The Hall–Kier alpha value is -0.110. The van der Waals surface area contributed by atoms with E-state index in [0.717, 1.165) is 19.3 Å². The van der Waals surface area contributed by atoms with E-state index in [1.165, 1.54) is 77.7 Å². The summed E-state index contributed by atoms with van der Waals surface area (Å²) in [5.41, 5.74) is 0. The molecule has 0 rings (SSSR count). The molecule has 0 aromatic rings. The minimum atomic E-state index is -3.27. The van der Waals surface area contributed by atoms with Gasteiger partial charge < -0.3 is 9.42 Å². The first-order valence-corrected chi connectivity index (χ1v) is 11.4. The Bertz CT molecular complexity index is 316. The molecular formula is C19H39O3P. The van der Waals surface area contributed by atoms with Gasteiger partial charge in [0.1, 0.15) is 0 Å². The van der Waals surface area contributed by atoms with Crippen molar-refractivity contribution in [3.8, 4) is 0 Å². The van der Waals surface area contributed by atoms with Crippen molar-refractivity contribution in [1.82, 2.24) is 0 Å². The van der Waals surface area contributed by atoms with E-state index in [4.69, 9.17) is 0 Å². The first-order chi connectivity index (χ1) is 11.1. The Morgan fingerprint density at radius 2 is 1.22 bits per heavy atom. The van der Waals surface area contributed by atoms with E-state index < -0.39 is 7.60 Å². The molecule has 0 bridgehead atoms. The van der Waals surface area contributed by atoms with Gasteiger partial charge in [-0.25, -0.2) is 0 Å². The van der Waals surface area contributed by atoms with Gasteiger partial charge in [0.25, 0.3) is 0 Å². The van der Waals surface area contributed by atoms with Crippen molar-refractivity contribution < 1.29 is 14.0 Å². The number of hydrogen-bond acceptors (Lipinski definition) is 2. The van der Waals surface area contributed by atoms with Crippen LogP contribution in [0.2, 0.25) is 0 Å². The van der Waals surface area contributed by atoms with Crippen molar-refractivity contribution in [2.75, 3.05) is 13.3 Å². The topological polar surface area (TPSA) is 46.5 Å². The third-order valence-electron chi connectivity index (χ3n) is 4.24. The van der Waals surface area contributed by atoms with Crippen LogP contribution in [0.1, 0.15) is 96.8 Å². The van der Waals surface area contributed by atoms with Crippen LogP contribution in [-0.2, 0) is 9.09 Å².